The fourth-order valence-electron chi connectivity index (χ4n) is 3.11. The van der Waals surface area contributed by atoms with Crippen LogP contribution in [-0.4, -0.2) is 19.1 Å². The Labute approximate surface area is 128 Å². The van der Waals surface area contributed by atoms with Crippen molar-refractivity contribution < 1.29 is 4.39 Å². The lowest BCUT2D eigenvalue weighted by Crippen LogP contribution is -2.27. The van der Waals surface area contributed by atoms with Gasteiger partial charge in [-0.25, -0.2) is 4.39 Å². The number of anilines is 2. The molecule has 1 aliphatic rings. The van der Waals surface area contributed by atoms with Gasteiger partial charge in [-0.15, -0.1) is 0 Å². The first-order valence-electron chi connectivity index (χ1n) is 8.30. The van der Waals surface area contributed by atoms with E-state index in [0.29, 0.717) is 17.8 Å². The third-order valence-electron chi connectivity index (χ3n) is 4.90. The fourth-order valence-corrected chi connectivity index (χ4v) is 3.11. The van der Waals surface area contributed by atoms with Crippen LogP contribution in [0, 0.1) is 11.7 Å². The van der Waals surface area contributed by atoms with E-state index >= 15 is 0 Å². The normalized spacial score (nSPS) is 22.4. The van der Waals surface area contributed by atoms with Crippen LogP contribution in [-0.2, 0) is 0 Å². The number of nitrogens with zero attached hydrogens (tertiary/aromatic N) is 1. The molecule has 1 fully saturated rings. The van der Waals surface area contributed by atoms with E-state index in [4.69, 9.17) is 0 Å². The molecule has 1 N–H and O–H groups in total. The van der Waals surface area contributed by atoms with Crippen LogP contribution in [0.1, 0.15) is 52.9 Å². The molecule has 0 amide bonds. The van der Waals surface area contributed by atoms with E-state index in [2.05, 4.69) is 26.1 Å². The standard InChI is InChI=1S/C18H29FN2/c1-5-14-6-8-15(9-7-14)20-16-10-11-18(17(19)12-16)21(4)13(2)3/h10-15,20H,5-9H2,1-4H3. The van der Waals surface area contributed by atoms with Crippen molar-refractivity contribution in [3.05, 3.63) is 24.0 Å². The summed E-state index contributed by atoms with van der Waals surface area (Å²) in [7, 11) is 1.93. The first-order chi connectivity index (χ1) is 10.0. The molecule has 0 aliphatic heterocycles. The van der Waals surface area contributed by atoms with Crippen LogP contribution in [0.3, 0.4) is 0 Å². The van der Waals surface area contributed by atoms with E-state index in [9.17, 15) is 4.39 Å². The Hall–Kier alpha value is -1.25. The minimum absolute atomic E-state index is 0.140. The third kappa shape index (κ3) is 4.12. The van der Waals surface area contributed by atoms with Crippen molar-refractivity contribution in [1.82, 2.24) is 0 Å². The summed E-state index contributed by atoms with van der Waals surface area (Å²) in [6.45, 7) is 6.41. The van der Waals surface area contributed by atoms with Crippen LogP contribution in [0.5, 0.6) is 0 Å². The summed E-state index contributed by atoms with van der Waals surface area (Å²) in [6.07, 6.45) is 6.29. The third-order valence-corrected chi connectivity index (χ3v) is 4.90. The molecule has 3 heteroatoms. The molecular weight excluding hydrogens is 263 g/mol. The van der Waals surface area contributed by atoms with Gasteiger partial charge >= 0.3 is 0 Å². The van der Waals surface area contributed by atoms with E-state index in [0.717, 1.165) is 11.6 Å². The Morgan fingerprint density at radius 1 is 1.24 bits per heavy atom. The zero-order valence-corrected chi connectivity index (χ0v) is 13.8. The molecule has 21 heavy (non-hydrogen) atoms. The number of halogens is 1. The maximum atomic E-state index is 14.3. The Morgan fingerprint density at radius 2 is 1.90 bits per heavy atom. The number of nitrogens with one attached hydrogen (secondary N) is 1. The molecule has 0 bridgehead atoms. The highest BCUT2D eigenvalue weighted by Crippen LogP contribution is 2.30. The number of hydrogen-bond acceptors (Lipinski definition) is 2. The molecule has 0 aromatic heterocycles. The second-order valence-corrected chi connectivity index (χ2v) is 6.64. The number of benzene rings is 1. The molecule has 1 aliphatic carbocycles. The molecule has 0 saturated heterocycles. The maximum absolute atomic E-state index is 14.3. The lowest BCUT2D eigenvalue weighted by Gasteiger charge is -2.29. The van der Waals surface area contributed by atoms with Crippen molar-refractivity contribution in [2.45, 2.75) is 65.0 Å². The molecule has 118 valence electrons. The molecule has 1 saturated carbocycles. The highest BCUT2D eigenvalue weighted by Gasteiger charge is 2.20. The highest BCUT2D eigenvalue weighted by molar-refractivity contribution is 5.56. The average molecular weight is 292 g/mol. The van der Waals surface area contributed by atoms with Gasteiger partial charge in [0, 0.05) is 24.8 Å². The van der Waals surface area contributed by atoms with Crippen molar-refractivity contribution in [2.24, 2.45) is 5.92 Å². The van der Waals surface area contributed by atoms with Gasteiger partial charge in [-0.05, 0) is 63.6 Å². The smallest absolute Gasteiger partial charge is 0.148 e. The Bertz CT molecular complexity index is 451. The van der Waals surface area contributed by atoms with Crippen LogP contribution >= 0.6 is 0 Å². The first-order valence-corrected chi connectivity index (χ1v) is 8.30. The van der Waals surface area contributed by atoms with Crippen LogP contribution in [0.4, 0.5) is 15.8 Å². The van der Waals surface area contributed by atoms with E-state index in [1.54, 1.807) is 6.07 Å². The lowest BCUT2D eigenvalue weighted by molar-refractivity contribution is 0.330. The average Bonchev–Trinajstić information content (AvgIpc) is 2.47. The van der Waals surface area contributed by atoms with E-state index in [1.807, 2.05) is 24.1 Å². The Balaban J connectivity index is 1.98. The minimum Gasteiger partial charge on any atom is -0.382 e. The molecular formula is C18H29FN2. The van der Waals surface area contributed by atoms with Crippen molar-refractivity contribution >= 4 is 11.4 Å². The van der Waals surface area contributed by atoms with Gasteiger partial charge in [0.25, 0.3) is 0 Å². The van der Waals surface area contributed by atoms with Crippen molar-refractivity contribution in [2.75, 3.05) is 17.3 Å². The second kappa shape index (κ2) is 7.15. The van der Waals surface area contributed by atoms with Gasteiger partial charge in [0.15, 0.2) is 0 Å². The monoisotopic (exact) mass is 292 g/mol. The summed E-state index contributed by atoms with van der Waals surface area (Å²) >= 11 is 0. The summed E-state index contributed by atoms with van der Waals surface area (Å²) in [6, 6.07) is 6.32. The van der Waals surface area contributed by atoms with Crippen LogP contribution in [0.15, 0.2) is 18.2 Å². The maximum Gasteiger partial charge on any atom is 0.148 e. The molecule has 2 nitrogen and oxygen atoms in total. The fraction of sp³-hybridized carbons (Fsp3) is 0.667. The largest absolute Gasteiger partial charge is 0.382 e. The Morgan fingerprint density at radius 3 is 2.43 bits per heavy atom. The predicted molar refractivity (Wildman–Crippen MR) is 89.6 cm³/mol. The number of hydrogen-bond donors (Lipinski definition) is 1. The van der Waals surface area contributed by atoms with E-state index in [1.165, 1.54) is 32.1 Å². The van der Waals surface area contributed by atoms with Gasteiger partial charge in [0.05, 0.1) is 5.69 Å². The SMILES string of the molecule is CCC1CCC(Nc2ccc(N(C)C(C)C)c(F)c2)CC1. The van der Waals surface area contributed by atoms with Crippen molar-refractivity contribution in [1.29, 1.82) is 0 Å². The molecule has 2 rings (SSSR count). The molecule has 0 spiro atoms. The van der Waals surface area contributed by atoms with Crippen LogP contribution < -0.4 is 10.2 Å². The topological polar surface area (TPSA) is 15.3 Å². The van der Waals surface area contributed by atoms with E-state index < -0.39 is 0 Å². The highest BCUT2D eigenvalue weighted by atomic mass is 19.1. The van der Waals surface area contributed by atoms with Gasteiger partial charge in [0.1, 0.15) is 5.82 Å². The molecule has 0 unspecified atom stereocenters. The lowest BCUT2D eigenvalue weighted by atomic mass is 9.84. The minimum atomic E-state index is -0.140. The van der Waals surface area contributed by atoms with Crippen molar-refractivity contribution in [3.8, 4) is 0 Å². The summed E-state index contributed by atoms with van der Waals surface area (Å²) in [4.78, 5) is 1.96. The van der Waals surface area contributed by atoms with Crippen molar-refractivity contribution in [3.63, 3.8) is 0 Å². The molecule has 0 heterocycles. The summed E-state index contributed by atoms with van der Waals surface area (Å²) in [5.41, 5.74) is 1.58. The zero-order chi connectivity index (χ0) is 15.4. The molecule has 0 radical (unpaired) electrons. The summed E-state index contributed by atoms with van der Waals surface area (Å²) in [5.74, 6) is 0.750. The Kier molecular flexibility index (Phi) is 5.49. The van der Waals surface area contributed by atoms with Gasteiger partial charge in [-0.2, -0.15) is 0 Å². The van der Waals surface area contributed by atoms with Crippen LogP contribution in [0.2, 0.25) is 0 Å². The van der Waals surface area contributed by atoms with Crippen LogP contribution in [0.25, 0.3) is 0 Å². The summed E-state index contributed by atoms with van der Waals surface area (Å²) in [5, 5.41) is 3.50. The quantitative estimate of drug-likeness (QED) is 0.817. The van der Waals surface area contributed by atoms with Gasteiger partial charge in [0.2, 0.25) is 0 Å². The number of rotatable bonds is 5. The summed E-state index contributed by atoms with van der Waals surface area (Å²) < 4.78 is 14.3. The van der Waals surface area contributed by atoms with Gasteiger partial charge in [-0.1, -0.05) is 13.3 Å². The second-order valence-electron chi connectivity index (χ2n) is 6.64. The molecule has 1 aromatic rings. The zero-order valence-electron chi connectivity index (χ0n) is 13.8. The van der Waals surface area contributed by atoms with Gasteiger partial charge in [-0.3, -0.25) is 0 Å². The van der Waals surface area contributed by atoms with E-state index in [-0.39, 0.29) is 5.82 Å². The molecule has 1 aromatic carbocycles. The first kappa shape index (κ1) is 16.1. The molecule has 0 atom stereocenters. The van der Waals surface area contributed by atoms with Gasteiger partial charge < -0.3 is 10.2 Å². The predicted octanol–water partition coefficient (Wildman–Crippen LogP) is 5.05.